The van der Waals surface area contributed by atoms with Gasteiger partial charge >= 0.3 is 0 Å². The number of hydrogen-bond acceptors (Lipinski definition) is 3. The topological polar surface area (TPSA) is 38.7 Å². The van der Waals surface area contributed by atoms with E-state index < -0.39 is 6.29 Å². The van der Waals surface area contributed by atoms with E-state index in [0.29, 0.717) is 12.7 Å². The maximum absolute atomic E-state index is 9.00. The maximum Gasteiger partial charge on any atom is 0.155 e. The molecule has 0 aromatic carbocycles. The van der Waals surface area contributed by atoms with E-state index in [2.05, 4.69) is 0 Å². The van der Waals surface area contributed by atoms with Gasteiger partial charge < -0.3 is 14.6 Å². The summed E-state index contributed by atoms with van der Waals surface area (Å²) in [6.45, 7) is 0.668. The second-order valence-corrected chi connectivity index (χ2v) is 3.32. The van der Waals surface area contributed by atoms with Crippen molar-refractivity contribution in [3.8, 4) is 0 Å². The van der Waals surface area contributed by atoms with Crippen LogP contribution in [0.3, 0.4) is 0 Å². The molecule has 0 spiro atoms. The van der Waals surface area contributed by atoms with Crippen molar-refractivity contribution in [3.05, 3.63) is 0 Å². The summed E-state index contributed by atoms with van der Waals surface area (Å²) in [7, 11) is 0. The largest absolute Gasteiger partial charge is 0.376 e. The minimum Gasteiger partial charge on any atom is -0.376 e. The first-order valence-electron chi connectivity index (χ1n) is 4.30. The van der Waals surface area contributed by atoms with E-state index >= 15 is 0 Å². The molecular formula is C8H14O3. The molecular weight excluding hydrogens is 144 g/mol. The SMILES string of the molecule is OC1CCC(COC2CC2)O1. The number of rotatable bonds is 3. The normalized spacial score (nSPS) is 37.9. The summed E-state index contributed by atoms with van der Waals surface area (Å²) < 4.78 is 10.6. The second-order valence-electron chi connectivity index (χ2n) is 3.32. The number of hydrogen-bond donors (Lipinski definition) is 1. The molecule has 1 saturated carbocycles. The standard InChI is InChI=1S/C8H14O3/c9-8-4-3-7(11-8)5-10-6-1-2-6/h6-9H,1-5H2. The van der Waals surface area contributed by atoms with Crippen LogP contribution < -0.4 is 0 Å². The van der Waals surface area contributed by atoms with E-state index in [1.165, 1.54) is 12.8 Å². The first kappa shape index (κ1) is 7.53. The lowest BCUT2D eigenvalue weighted by atomic mass is 10.2. The fourth-order valence-electron chi connectivity index (χ4n) is 1.29. The van der Waals surface area contributed by atoms with Crippen LogP contribution >= 0.6 is 0 Å². The van der Waals surface area contributed by atoms with Crippen molar-refractivity contribution in [1.29, 1.82) is 0 Å². The summed E-state index contributed by atoms with van der Waals surface area (Å²) in [5.74, 6) is 0. The van der Waals surface area contributed by atoms with Crippen molar-refractivity contribution < 1.29 is 14.6 Å². The molecule has 3 nitrogen and oxygen atoms in total. The Bertz CT molecular complexity index is 133. The molecule has 64 valence electrons. The molecule has 3 heteroatoms. The Labute approximate surface area is 66.3 Å². The zero-order valence-corrected chi connectivity index (χ0v) is 6.53. The first-order chi connectivity index (χ1) is 5.34. The van der Waals surface area contributed by atoms with Gasteiger partial charge in [-0.2, -0.15) is 0 Å². The third-order valence-electron chi connectivity index (χ3n) is 2.13. The zero-order chi connectivity index (χ0) is 7.68. The minimum atomic E-state index is -0.539. The van der Waals surface area contributed by atoms with Crippen LogP contribution in [0.15, 0.2) is 0 Å². The molecule has 2 aliphatic rings. The summed E-state index contributed by atoms with van der Waals surface area (Å²) in [6.07, 6.45) is 4.21. The summed E-state index contributed by atoms with van der Waals surface area (Å²) in [4.78, 5) is 0. The molecule has 1 aliphatic carbocycles. The lowest BCUT2D eigenvalue weighted by molar-refractivity contribution is -0.109. The van der Waals surface area contributed by atoms with Gasteiger partial charge in [0.15, 0.2) is 6.29 Å². The van der Waals surface area contributed by atoms with Gasteiger partial charge in [0, 0.05) is 6.42 Å². The fourth-order valence-corrected chi connectivity index (χ4v) is 1.29. The van der Waals surface area contributed by atoms with Crippen LogP contribution in [0.1, 0.15) is 25.7 Å². The number of ether oxygens (including phenoxy) is 2. The molecule has 1 heterocycles. The number of aliphatic hydroxyl groups excluding tert-OH is 1. The van der Waals surface area contributed by atoms with Gasteiger partial charge in [0.2, 0.25) is 0 Å². The van der Waals surface area contributed by atoms with Gasteiger partial charge in [0.25, 0.3) is 0 Å². The van der Waals surface area contributed by atoms with E-state index in [1.807, 2.05) is 0 Å². The second kappa shape index (κ2) is 3.09. The van der Waals surface area contributed by atoms with Crippen molar-refractivity contribution in [2.45, 2.75) is 44.2 Å². The van der Waals surface area contributed by atoms with Crippen molar-refractivity contribution in [2.75, 3.05) is 6.61 Å². The van der Waals surface area contributed by atoms with Gasteiger partial charge in [-0.05, 0) is 19.3 Å². The highest BCUT2D eigenvalue weighted by atomic mass is 16.6. The van der Waals surface area contributed by atoms with Crippen molar-refractivity contribution in [3.63, 3.8) is 0 Å². The third kappa shape index (κ3) is 2.15. The van der Waals surface area contributed by atoms with Crippen LogP contribution in [0.2, 0.25) is 0 Å². The van der Waals surface area contributed by atoms with Gasteiger partial charge in [-0.1, -0.05) is 0 Å². The minimum absolute atomic E-state index is 0.144. The fraction of sp³-hybridized carbons (Fsp3) is 1.00. The van der Waals surface area contributed by atoms with E-state index in [1.54, 1.807) is 0 Å². The maximum atomic E-state index is 9.00. The predicted molar refractivity (Wildman–Crippen MR) is 39.1 cm³/mol. The molecule has 2 unspecified atom stereocenters. The Kier molecular flexibility index (Phi) is 2.11. The van der Waals surface area contributed by atoms with Crippen LogP contribution in [0.25, 0.3) is 0 Å². The summed E-state index contributed by atoms with van der Waals surface area (Å²) in [5, 5.41) is 9.00. The molecule has 0 bridgehead atoms. The third-order valence-corrected chi connectivity index (χ3v) is 2.13. The van der Waals surface area contributed by atoms with Gasteiger partial charge in [0.1, 0.15) is 0 Å². The first-order valence-corrected chi connectivity index (χ1v) is 4.30. The van der Waals surface area contributed by atoms with Gasteiger partial charge in [-0.25, -0.2) is 0 Å². The lowest BCUT2D eigenvalue weighted by Crippen LogP contribution is -2.17. The number of aliphatic hydroxyl groups is 1. The molecule has 2 fully saturated rings. The molecule has 11 heavy (non-hydrogen) atoms. The quantitative estimate of drug-likeness (QED) is 0.655. The van der Waals surface area contributed by atoms with Crippen LogP contribution in [0.4, 0.5) is 0 Å². The van der Waals surface area contributed by atoms with Crippen molar-refractivity contribution in [1.82, 2.24) is 0 Å². The molecule has 0 aromatic heterocycles. The molecule has 0 amide bonds. The smallest absolute Gasteiger partial charge is 0.155 e. The average molecular weight is 158 g/mol. The molecule has 2 rings (SSSR count). The van der Waals surface area contributed by atoms with Gasteiger partial charge in [-0.15, -0.1) is 0 Å². The molecule has 1 aliphatic heterocycles. The van der Waals surface area contributed by atoms with Crippen molar-refractivity contribution >= 4 is 0 Å². The van der Waals surface area contributed by atoms with E-state index in [4.69, 9.17) is 14.6 Å². The Morgan fingerprint density at radius 2 is 2.09 bits per heavy atom. The molecule has 0 radical (unpaired) electrons. The lowest BCUT2D eigenvalue weighted by Gasteiger charge is -2.09. The van der Waals surface area contributed by atoms with Gasteiger partial charge in [-0.3, -0.25) is 0 Å². The molecule has 1 saturated heterocycles. The molecule has 0 aromatic rings. The average Bonchev–Trinajstić information content (AvgIpc) is 2.72. The van der Waals surface area contributed by atoms with Crippen LogP contribution in [-0.4, -0.2) is 30.2 Å². The molecule has 2 atom stereocenters. The highest BCUT2D eigenvalue weighted by molar-refractivity contribution is 4.75. The zero-order valence-electron chi connectivity index (χ0n) is 6.53. The van der Waals surface area contributed by atoms with E-state index in [9.17, 15) is 0 Å². The van der Waals surface area contributed by atoms with Gasteiger partial charge in [0.05, 0.1) is 18.8 Å². The van der Waals surface area contributed by atoms with E-state index in [0.717, 1.165) is 12.8 Å². The summed E-state index contributed by atoms with van der Waals surface area (Å²) in [5.41, 5.74) is 0. The summed E-state index contributed by atoms with van der Waals surface area (Å²) in [6, 6.07) is 0. The Hall–Kier alpha value is -0.120. The highest BCUT2D eigenvalue weighted by Gasteiger charge is 2.27. The Balaban J connectivity index is 1.62. The van der Waals surface area contributed by atoms with Crippen LogP contribution in [0.5, 0.6) is 0 Å². The summed E-state index contributed by atoms with van der Waals surface area (Å²) >= 11 is 0. The van der Waals surface area contributed by atoms with E-state index in [-0.39, 0.29) is 6.10 Å². The molecule has 1 N–H and O–H groups in total. The highest BCUT2D eigenvalue weighted by Crippen LogP contribution is 2.25. The monoisotopic (exact) mass is 158 g/mol. The Morgan fingerprint density at radius 1 is 1.27 bits per heavy atom. The van der Waals surface area contributed by atoms with Crippen LogP contribution in [-0.2, 0) is 9.47 Å². The Morgan fingerprint density at radius 3 is 2.64 bits per heavy atom. The predicted octanol–water partition coefficient (Wildman–Crippen LogP) is 0.663. The van der Waals surface area contributed by atoms with Crippen LogP contribution in [0, 0.1) is 0 Å². The van der Waals surface area contributed by atoms with Crippen molar-refractivity contribution in [2.24, 2.45) is 0 Å².